The highest BCUT2D eigenvalue weighted by atomic mass is 32.2. The molecular weight excluding hydrogens is 349 g/mol. The average Bonchev–Trinajstić information content (AvgIpc) is 2.48. The van der Waals surface area contributed by atoms with E-state index in [0.717, 1.165) is 18.2 Å². The van der Waals surface area contributed by atoms with E-state index in [1.54, 1.807) is 6.07 Å². The zero-order chi connectivity index (χ0) is 18.4. The SMILES string of the molecule is CC(C)(C)C1(C)[C@@H](CSc2cccc(C(F)(F)F)c2)C[C@@]1(C)O[Si]. The lowest BCUT2D eigenvalue weighted by molar-refractivity contribution is -0.217. The van der Waals surface area contributed by atoms with Gasteiger partial charge in [0.2, 0.25) is 10.5 Å². The molecule has 1 aliphatic carbocycles. The highest BCUT2D eigenvalue weighted by Crippen LogP contribution is 2.65. The molecule has 3 atom stereocenters. The Hall–Kier alpha value is -0.463. The first-order chi connectivity index (χ1) is 10.8. The van der Waals surface area contributed by atoms with Gasteiger partial charge in [0.05, 0.1) is 11.2 Å². The summed E-state index contributed by atoms with van der Waals surface area (Å²) in [6.07, 6.45) is -3.41. The van der Waals surface area contributed by atoms with Crippen molar-refractivity contribution in [3.8, 4) is 0 Å². The number of rotatable bonds is 4. The van der Waals surface area contributed by atoms with Crippen LogP contribution in [0.4, 0.5) is 13.2 Å². The van der Waals surface area contributed by atoms with Crippen LogP contribution in [0.1, 0.15) is 46.6 Å². The van der Waals surface area contributed by atoms with Crippen LogP contribution in [-0.4, -0.2) is 21.8 Å². The maximum atomic E-state index is 12.8. The fraction of sp³-hybridized carbons (Fsp3) is 0.667. The van der Waals surface area contributed by atoms with E-state index in [1.807, 2.05) is 0 Å². The monoisotopic (exact) mass is 373 g/mol. The van der Waals surface area contributed by atoms with Crippen LogP contribution >= 0.6 is 11.8 Å². The summed E-state index contributed by atoms with van der Waals surface area (Å²) >= 11 is 1.49. The Bertz CT molecular complexity index is 599. The van der Waals surface area contributed by atoms with Crippen LogP contribution in [0.3, 0.4) is 0 Å². The zero-order valence-electron chi connectivity index (χ0n) is 14.8. The van der Waals surface area contributed by atoms with E-state index in [-0.39, 0.29) is 16.4 Å². The molecule has 24 heavy (non-hydrogen) atoms. The predicted molar refractivity (Wildman–Crippen MR) is 93.1 cm³/mol. The first kappa shape index (κ1) is 19.9. The highest BCUT2D eigenvalue weighted by Gasteiger charge is 2.64. The van der Waals surface area contributed by atoms with Gasteiger partial charge in [0.1, 0.15) is 0 Å². The maximum absolute atomic E-state index is 12.8. The van der Waals surface area contributed by atoms with Crippen molar-refractivity contribution in [1.82, 2.24) is 0 Å². The van der Waals surface area contributed by atoms with E-state index >= 15 is 0 Å². The van der Waals surface area contributed by atoms with E-state index < -0.39 is 11.7 Å². The van der Waals surface area contributed by atoms with Crippen molar-refractivity contribution in [2.24, 2.45) is 16.7 Å². The average molecular weight is 374 g/mol. The first-order valence-electron chi connectivity index (χ1n) is 8.00. The summed E-state index contributed by atoms with van der Waals surface area (Å²) in [6, 6.07) is 5.56. The molecule has 0 saturated heterocycles. The minimum atomic E-state index is -4.30. The molecule has 0 amide bonds. The van der Waals surface area contributed by atoms with Crippen molar-refractivity contribution < 1.29 is 17.6 Å². The molecule has 133 valence electrons. The Kier molecular flexibility index (Phi) is 5.26. The number of hydrogen-bond acceptors (Lipinski definition) is 2. The standard InChI is InChI=1S/C18H24F3OSSi/c1-15(2,3)17(5)13(10-16(17,4)22-24)11-23-14-8-6-7-12(9-14)18(19,20)21/h6-9,13H,10-11H2,1-5H3/t13-,16-,17?/m1/s1. The third-order valence-electron chi connectivity index (χ3n) is 5.95. The van der Waals surface area contributed by atoms with Crippen molar-refractivity contribution in [1.29, 1.82) is 0 Å². The molecule has 6 heteroatoms. The fourth-order valence-corrected chi connectivity index (χ4v) is 5.45. The number of thioether (sulfide) groups is 1. The number of benzene rings is 1. The molecule has 1 aromatic carbocycles. The molecule has 2 rings (SSSR count). The molecule has 1 nitrogen and oxygen atoms in total. The molecule has 1 fully saturated rings. The van der Waals surface area contributed by atoms with Crippen molar-refractivity contribution in [3.05, 3.63) is 29.8 Å². The summed E-state index contributed by atoms with van der Waals surface area (Å²) in [6.45, 7) is 10.9. The number of halogens is 3. The Labute approximate surface area is 150 Å². The van der Waals surface area contributed by atoms with Crippen LogP contribution in [0.2, 0.25) is 0 Å². The van der Waals surface area contributed by atoms with Crippen LogP contribution in [0.5, 0.6) is 0 Å². The molecule has 1 unspecified atom stereocenters. The van der Waals surface area contributed by atoms with Crippen molar-refractivity contribution in [2.45, 2.75) is 57.7 Å². The Morgan fingerprint density at radius 1 is 1.25 bits per heavy atom. The predicted octanol–water partition coefficient (Wildman–Crippen LogP) is 5.73. The smallest absolute Gasteiger partial charge is 0.413 e. The van der Waals surface area contributed by atoms with Gasteiger partial charge in [-0.25, -0.2) is 0 Å². The molecule has 0 aliphatic heterocycles. The van der Waals surface area contributed by atoms with Crippen LogP contribution in [0.15, 0.2) is 29.2 Å². The fourth-order valence-electron chi connectivity index (χ4n) is 3.92. The summed E-state index contributed by atoms with van der Waals surface area (Å²) in [7, 11) is 3.23. The quantitative estimate of drug-likeness (QED) is 0.492. The minimum Gasteiger partial charge on any atom is -0.413 e. The maximum Gasteiger partial charge on any atom is 0.416 e. The molecule has 0 spiro atoms. The molecule has 0 N–H and O–H groups in total. The summed E-state index contributed by atoms with van der Waals surface area (Å²) in [5, 5.41) is 0. The van der Waals surface area contributed by atoms with Gasteiger partial charge in [0.15, 0.2) is 0 Å². The van der Waals surface area contributed by atoms with Crippen molar-refractivity contribution in [3.63, 3.8) is 0 Å². The molecule has 0 bridgehead atoms. The van der Waals surface area contributed by atoms with Gasteiger partial charge in [0.25, 0.3) is 0 Å². The lowest BCUT2D eigenvalue weighted by Gasteiger charge is -2.67. The number of hydrogen-bond donors (Lipinski definition) is 0. The van der Waals surface area contributed by atoms with E-state index in [9.17, 15) is 13.2 Å². The number of alkyl halides is 3. The highest BCUT2D eigenvalue weighted by molar-refractivity contribution is 7.99. The summed E-state index contributed by atoms with van der Waals surface area (Å²) in [5.41, 5.74) is -0.920. The second-order valence-electron chi connectivity index (χ2n) is 8.02. The summed E-state index contributed by atoms with van der Waals surface area (Å²) in [5.74, 6) is 1.15. The Morgan fingerprint density at radius 2 is 1.88 bits per heavy atom. The van der Waals surface area contributed by atoms with E-state index in [4.69, 9.17) is 4.43 Å². The molecular formula is C18H24F3OSSi. The summed E-state index contributed by atoms with van der Waals surface area (Å²) < 4.78 is 44.1. The second-order valence-corrected chi connectivity index (χ2v) is 9.32. The van der Waals surface area contributed by atoms with Crippen molar-refractivity contribution >= 4 is 22.2 Å². The van der Waals surface area contributed by atoms with E-state index in [2.05, 4.69) is 45.1 Å². The Morgan fingerprint density at radius 3 is 2.38 bits per heavy atom. The minimum absolute atomic E-state index is 0.0195. The van der Waals surface area contributed by atoms with Crippen LogP contribution in [0, 0.1) is 16.7 Å². The van der Waals surface area contributed by atoms with Gasteiger partial charge < -0.3 is 4.43 Å². The summed E-state index contributed by atoms with van der Waals surface area (Å²) in [4.78, 5) is 0.661. The van der Waals surface area contributed by atoms with E-state index in [0.29, 0.717) is 10.8 Å². The lowest BCUT2D eigenvalue weighted by atomic mass is 9.43. The normalized spacial score (nSPS) is 31.0. The molecule has 1 aliphatic rings. The van der Waals surface area contributed by atoms with Gasteiger partial charge in [-0.1, -0.05) is 33.8 Å². The van der Waals surface area contributed by atoms with E-state index in [1.165, 1.54) is 23.9 Å². The molecule has 1 saturated carbocycles. The van der Waals surface area contributed by atoms with Gasteiger partial charge in [-0.15, -0.1) is 11.8 Å². The second kappa shape index (κ2) is 6.36. The van der Waals surface area contributed by atoms with Gasteiger partial charge in [-0.3, -0.25) is 0 Å². The van der Waals surface area contributed by atoms with Gasteiger partial charge >= 0.3 is 6.18 Å². The van der Waals surface area contributed by atoms with Crippen LogP contribution in [-0.2, 0) is 10.6 Å². The topological polar surface area (TPSA) is 9.23 Å². The van der Waals surface area contributed by atoms with Gasteiger partial charge in [-0.05, 0) is 42.9 Å². The molecule has 0 aromatic heterocycles. The van der Waals surface area contributed by atoms with Crippen molar-refractivity contribution in [2.75, 3.05) is 5.75 Å². The third-order valence-corrected chi connectivity index (χ3v) is 7.55. The molecule has 1 aromatic rings. The third kappa shape index (κ3) is 3.29. The zero-order valence-corrected chi connectivity index (χ0v) is 16.6. The lowest BCUT2D eigenvalue weighted by Crippen LogP contribution is -2.67. The van der Waals surface area contributed by atoms with Crippen LogP contribution in [0.25, 0.3) is 0 Å². The molecule has 3 radical (unpaired) electrons. The van der Waals surface area contributed by atoms with Gasteiger partial charge in [-0.2, -0.15) is 13.2 Å². The van der Waals surface area contributed by atoms with Gasteiger partial charge in [0, 0.05) is 16.1 Å². The largest absolute Gasteiger partial charge is 0.416 e. The molecule has 0 heterocycles. The Balaban J connectivity index is 2.13. The van der Waals surface area contributed by atoms with Crippen LogP contribution < -0.4 is 0 Å². The first-order valence-corrected chi connectivity index (χ1v) is 9.39.